The number of esters is 1. The summed E-state index contributed by atoms with van der Waals surface area (Å²) in [5.41, 5.74) is 0.399. The molecule has 0 aliphatic rings. The first kappa shape index (κ1) is 13.9. The second-order valence-electron chi connectivity index (χ2n) is 2.46. The summed E-state index contributed by atoms with van der Waals surface area (Å²) in [6.45, 7) is 1.97. The predicted octanol–water partition coefficient (Wildman–Crippen LogP) is 2.06. The van der Waals surface area contributed by atoms with E-state index >= 15 is 0 Å². The number of pyridine rings is 1. The van der Waals surface area contributed by atoms with Gasteiger partial charge in [-0.15, -0.1) is 12.4 Å². The summed E-state index contributed by atoms with van der Waals surface area (Å²) >= 11 is 5.23. The third kappa shape index (κ3) is 3.85. The van der Waals surface area contributed by atoms with E-state index in [4.69, 9.17) is 16.3 Å². The molecule has 0 saturated heterocycles. The van der Waals surface area contributed by atoms with Crippen LogP contribution in [0, 0.1) is 0 Å². The van der Waals surface area contributed by atoms with Gasteiger partial charge in [0.05, 0.1) is 17.7 Å². The van der Waals surface area contributed by atoms with Gasteiger partial charge in [-0.3, -0.25) is 9.78 Å². The molecule has 1 aromatic heterocycles. The number of halogens is 2. The standard InChI is InChI=1S/C9H8ClNO3.ClH/c1-2-14-9(13)7-3-6(8(10)12)4-11-5-7;/h3-5H,2H2,1H3;1H. The van der Waals surface area contributed by atoms with Crippen LogP contribution in [-0.4, -0.2) is 22.8 Å². The number of aromatic nitrogens is 1. The topological polar surface area (TPSA) is 56.3 Å². The molecule has 0 aromatic carbocycles. The number of rotatable bonds is 3. The zero-order chi connectivity index (χ0) is 10.6. The molecular weight excluding hydrogens is 241 g/mol. The minimum absolute atomic E-state index is 0. The average molecular weight is 250 g/mol. The van der Waals surface area contributed by atoms with Crippen LogP contribution < -0.4 is 0 Å². The Hall–Kier alpha value is -1.13. The van der Waals surface area contributed by atoms with Gasteiger partial charge in [0.15, 0.2) is 0 Å². The van der Waals surface area contributed by atoms with Gasteiger partial charge in [0.1, 0.15) is 0 Å². The molecule has 0 fully saturated rings. The maximum atomic E-state index is 11.2. The molecule has 0 aliphatic carbocycles. The molecule has 0 aliphatic heterocycles. The Bertz CT molecular complexity index is 368. The van der Waals surface area contributed by atoms with Crippen LogP contribution in [0.3, 0.4) is 0 Å². The second-order valence-corrected chi connectivity index (χ2v) is 2.80. The lowest BCUT2D eigenvalue weighted by Gasteiger charge is -2.01. The van der Waals surface area contributed by atoms with Crippen molar-refractivity contribution in [1.82, 2.24) is 4.98 Å². The van der Waals surface area contributed by atoms with Gasteiger partial charge < -0.3 is 4.74 Å². The third-order valence-corrected chi connectivity index (χ3v) is 1.69. The average Bonchev–Trinajstić information content (AvgIpc) is 2.18. The first-order chi connectivity index (χ1) is 6.65. The van der Waals surface area contributed by atoms with Gasteiger partial charge in [-0.2, -0.15) is 0 Å². The Labute approximate surface area is 98.0 Å². The van der Waals surface area contributed by atoms with Crippen molar-refractivity contribution in [2.45, 2.75) is 6.92 Å². The predicted molar refractivity (Wildman–Crippen MR) is 57.6 cm³/mol. The fourth-order valence-corrected chi connectivity index (χ4v) is 0.977. The van der Waals surface area contributed by atoms with Crippen LogP contribution in [0.15, 0.2) is 18.5 Å². The summed E-state index contributed by atoms with van der Waals surface area (Å²) in [7, 11) is 0. The first-order valence-corrected chi connectivity index (χ1v) is 4.35. The Kier molecular flexibility index (Phi) is 5.89. The van der Waals surface area contributed by atoms with E-state index in [-0.39, 0.29) is 30.1 Å². The summed E-state index contributed by atoms with van der Waals surface area (Å²) in [5.74, 6) is -0.514. The number of carbonyl (C=O) groups is 2. The van der Waals surface area contributed by atoms with Gasteiger partial charge in [0.2, 0.25) is 0 Å². The molecule has 1 aromatic rings. The van der Waals surface area contributed by atoms with Gasteiger partial charge >= 0.3 is 5.97 Å². The monoisotopic (exact) mass is 249 g/mol. The van der Waals surface area contributed by atoms with E-state index in [2.05, 4.69) is 4.98 Å². The lowest BCUT2D eigenvalue weighted by atomic mass is 10.2. The highest BCUT2D eigenvalue weighted by Crippen LogP contribution is 2.07. The maximum absolute atomic E-state index is 11.2. The van der Waals surface area contributed by atoms with Gasteiger partial charge in [-0.25, -0.2) is 4.79 Å². The molecule has 0 amide bonds. The molecule has 0 spiro atoms. The zero-order valence-electron chi connectivity index (χ0n) is 7.90. The van der Waals surface area contributed by atoms with Crippen LogP contribution in [0.25, 0.3) is 0 Å². The quantitative estimate of drug-likeness (QED) is 0.608. The lowest BCUT2D eigenvalue weighted by molar-refractivity contribution is 0.0526. The van der Waals surface area contributed by atoms with Crippen LogP contribution in [0.4, 0.5) is 0 Å². The maximum Gasteiger partial charge on any atom is 0.339 e. The van der Waals surface area contributed by atoms with E-state index < -0.39 is 11.2 Å². The highest BCUT2D eigenvalue weighted by atomic mass is 35.5. The molecule has 0 unspecified atom stereocenters. The SMILES string of the molecule is CCOC(=O)c1cncc(C(=O)Cl)c1.Cl. The van der Waals surface area contributed by atoms with Crippen molar-refractivity contribution in [2.24, 2.45) is 0 Å². The highest BCUT2D eigenvalue weighted by Gasteiger charge is 2.09. The molecule has 4 nitrogen and oxygen atoms in total. The minimum Gasteiger partial charge on any atom is -0.462 e. The van der Waals surface area contributed by atoms with Gasteiger partial charge in [-0.1, -0.05) is 0 Å². The van der Waals surface area contributed by atoms with Gasteiger partial charge in [0.25, 0.3) is 5.24 Å². The van der Waals surface area contributed by atoms with Crippen molar-refractivity contribution in [1.29, 1.82) is 0 Å². The van der Waals surface area contributed by atoms with E-state index in [0.29, 0.717) is 0 Å². The summed E-state index contributed by atoms with van der Waals surface area (Å²) in [6, 6.07) is 1.35. The van der Waals surface area contributed by atoms with Gasteiger partial charge in [0, 0.05) is 12.4 Å². The number of ether oxygens (including phenoxy) is 1. The number of nitrogens with zero attached hydrogens (tertiary/aromatic N) is 1. The normalized spacial score (nSPS) is 8.93. The molecule has 82 valence electrons. The molecule has 1 heterocycles. The number of hydrogen-bond acceptors (Lipinski definition) is 4. The van der Waals surface area contributed by atoms with Crippen LogP contribution in [-0.2, 0) is 4.74 Å². The second kappa shape index (κ2) is 6.37. The molecule has 1 rings (SSSR count). The molecule has 15 heavy (non-hydrogen) atoms. The molecule has 0 bridgehead atoms. The molecule has 0 N–H and O–H groups in total. The van der Waals surface area contributed by atoms with E-state index in [9.17, 15) is 9.59 Å². The van der Waals surface area contributed by atoms with E-state index in [1.165, 1.54) is 18.5 Å². The van der Waals surface area contributed by atoms with E-state index in [0.717, 1.165) is 0 Å². The molecule has 0 radical (unpaired) electrons. The van der Waals surface area contributed by atoms with Crippen molar-refractivity contribution in [2.75, 3.05) is 6.61 Å². The van der Waals surface area contributed by atoms with Crippen molar-refractivity contribution in [3.63, 3.8) is 0 Å². The van der Waals surface area contributed by atoms with Crippen LogP contribution in [0.2, 0.25) is 0 Å². The molecular formula is C9H9Cl2NO3. The highest BCUT2D eigenvalue weighted by molar-refractivity contribution is 6.67. The lowest BCUT2D eigenvalue weighted by Crippen LogP contribution is -2.06. The fraction of sp³-hybridized carbons (Fsp3) is 0.222. The Morgan fingerprint density at radius 2 is 2.00 bits per heavy atom. The zero-order valence-corrected chi connectivity index (χ0v) is 9.47. The molecule has 0 saturated carbocycles. The van der Waals surface area contributed by atoms with Crippen LogP contribution in [0.5, 0.6) is 0 Å². The number of hydrogen-bond donors (Lipinski definition) is 0. The van der Waals surface area contributed by atoms with Crippen LogP contribution in [0.1, 0.15) is 27.6 Å². The fourth-order valence-electron chi connectivity index (χ4n) is 0.873. The van der Waals surface area contributed by atoms with Crippen LogP contribution >= 0.6 is 24.0 Å². The van der Waals surface area contributed by atoms with Gasteiger partial charge in [-0.05, 0) is 24.6 Å². The Balaban J connectivity index is 0.00000196. The summed E-state index contributed by atoms with van der Waals surface area (Å²) in [4.78, 5) is 25.7. The number of carbonyl (C=O) groups excluding carboxylic acids is 2. The third-order valence-electron chi connectivity index (χ3n) is 1.48. The summed E-state index contributed by atoms with van der Waals surface area (Å²) in [6.07, 6.45) is 2.61. The largest absolute Gasteiger partial charge is 0.462 e. The molecule has 0 atom stereocenters. The van der Waals surface area contributed by atoms with E-state index in [1.807, 2.05) is 0 Å². The van der Waals surface area contributed by atoms with E-state index in [1.54, 1.807) is 6.92 Å². The Morgan fingerprint density at radius 3 is 2.53 bits per heavy atom. The minimum atomic E-state index is -0.649. The van der Waals surface area contributed by atoms with Crippen molar-refractivity contribution in [3.05, 3.63) is 29.6 Å². The van der Waals surface area contributed by atoms with Crippen molar-refractivity contribution >= 4 is 35.2 Å². The first-order valence-electron chi connectivity index (χ1n) is 3.97. The Morgan fingerprint density at radius 1 is 1.40 bits per heavy atom. The summed E-state index contributed by atoms with van der Waals surface area (Å²) < 4.78 is 4.73. The van der Waals surface area contributed by atoms with Crippen molar-refractivity contribution in [3.8, 4) is 0 Å². The summed E-state index contributed by atoms with van der Waals surface area (Å²) in [5, 5.41) is -0.649. The molecule has 6 heteroatoms. The van der Waals surface area contributed by atoms with Crippen molar-refractivity contribution < 1.29 is 14.3 Å². The smallest absolute Gasteiger partial charge is 0.339 e.